The fourth-order valence-electron chi connectivity index (χ4n) is 1.15. The number of carbonyl (C=O) groups is 1. The summed E-state index contributed by atoms with van der Waals surface area (Å²) in [5.74, 6) is -0.828. The monoisotopic (exact) mass is 310 g/mol. The molecule has 4 nitrogen and oxygen atoms in total. The molecule has 5 heteroatoms. The molecule has 0 radical (unpaired) electrons. The van der Waals surface area contributed by atoms with Crippen LogP contribution in [0.25, 0.3) is 0 Å². The number of hydrogen-bond donors (Lipinski definition) is 1. The predicted molar refractivity (Wildman–Crippen MR) is 60.1 cm³/mol. The highest BCUT2D eigenvalue weighted by molar-refractivity contribution is 5.85. The molecule has 18 heavy (non-hydrogen) atoms. The molecule has 0 bridgehead atoms. The summed E-state index contributed by atoms with van der Waals surface area (Å²) < 4.78 is 1.79. The number of pyridine rings is 1. The van der Waals surface area contributed by atoms with Crippen molar-refractivity contribution in [2.75, 3.05) is 0 Å². The summed E-state index contributed by atoms with van der Waals surface area (Å²) in [7, 11) is 1.86. The lowest BCUT2D eigenvalue weighted by atomic mass is 10.2. The maximum Gasteiger partial charge on any atom is 0.210 e. The fourth-order valence-corrected chi connectivity index (χ4v) is 1.15. The number of carbonyl (C=O) groups excluding carboxylic acids is 1. The molecule has 0 unspecified atom stereocenters. The first-order valence-corrected chi connectivity index (χ1v) is 5.00. The minimum atomic E-state index is -1.13. The Morgan fingerprint density at radius 2 is 1.78 bits per heavy atom. The van der Waals surface area contributed by atoms with Gasteiger partial charge >= 0.3 is 0 Å². The van der Waals surface area contributed by atoms with Crippen LogP contribution >= 0.6 is 0 Å². The zero-order chi connectivity index (χ0) is 12.7. The van der Waals surface area contributed by atoms with E-state index in [2.05, 4.69) is 0 Å². The predicted octanol–water partition coefficient (Wildman–Crippen LogP) is -2.73. The van der Waals surface area contributed by atoms with Gasteiger partial charge in [0.2, 0.25) is 6.20 Å². The Morgan fingerprint density at radius 3 is 2.11 bits per heavy atom. The number of benzene rings is 1. The van der Waals surface area contributed by atoms with Crippen molar-refractivity contribution >= 4 is 5.97 Å². The molecule has 1 N–H and O–H groups in total. The summed E-state index contributed by atoms with van der Waals surface area (Å²) in [6.07, 6.45) is 3.50. The molecule has 0 atom stereocenters. The van der Waals surface area contributed by atoms with Gasteiger partial charge < -0.3 is 32.0 Å². The van der Waals surface area contributed by atoms with E-state index >= 15 is 0 Å². The van der Waals surface area contributed by atoms with Gasteiger partial charge in [0, 0.05) is 6.07 Å². The minimum Gasteiger partial charge on any atom is -1.00 e. The molecule has 0 spiro atoms. The molecule has 1 aromatic carbocycles. The first-order chi connectivity index (χ1) is 8.09. The summed E-state index contributed by atoms with van der Waals surface area (Å²) in [5, 5.41) is 18.9. The van der Waals surface area contributed by atoms with Gasteiger partial charge in [-0.3, -0.25) is 0 Å². The first-order valence-electron chi connectivity index (χ1n) is 5.00. The Balaban J connectivity index is 0.000000306. The van der Waals surface area contributed by atoms with Gasteiger partial charge in [-0.15, -0.1) is 0 Å². The van der Waals surface area contributed by atoms with Crippen LogP contribution in [-0.2, 0) is 7.05 Å². The average molecular weight is 311 g/mol. The van der Waals surface area contributed by atoms with Crippen LogP contribution in [0.1, 0.15) is 10.4 Å². The van der Waals surface area contributed by atoms with Crippen LogP contribution in [0, 0.1) is 0 Å². The third kappa shape index (κ3) is 6.00. The van der Waals surface area contributed by atoms with E-state index in [0.29, 0.717) is 5.75 Å². The maximum absolute atomic E-state index is 10.1. The summed E-state index contributed by atoms with van der Waals surface area (Å²) in [4.78, 5) is 10.1. The first kappa shape index (κ1) is 16.1. The van der Waals surface area contributed by atoms with Gasteiger partial charge in [0.15, 0.2) is 11.9 Å². The van der Waals surface area contributed by atoms with Gasteiger partial charge in [0.05, 0.1) is 5.97 Å². The number of aryl methyl sites for hydroxylation is 1. The normalized spacial score (nSPS) is 8.50. The molecule has 0 saturated heterocycles. The van der Waals surface area contributed by atoms with E-state index in [4.69, 9.17) is 5.11 Å². The second kappa shape index (κ2) is 8.25. The van der Waals surface area contributed by atoms with Gasteiger partial charge in [-0.1, -0.05) is 30.3 Å². The zero-order valence-corrected chi connectivity index (χ0v) is 11.4. The van der Waals surface area contributed by atoms with E-state index in [0.717, 1.165) is 0 Å². The molecule has 1 heterocycles. The lowest BCUT2D eigenvalue weighted by Gasteiger charge is -1.97. The number of rotatable bonds is 1. The molecule has 96 valence electrons. The van der Waals surface area contributed by atoms with Crippen molar-refractivity contribution in [3.8, 4) is 5.75 Å². The van der Waals surface area contributed by atoms with Crippen LogP contribution in [0.15, 0.2) is 54.9 Å². The second-order valence-corrected chi connectivity index (χ2v) is 3.38. The highest BCUT2D eigenvalue weighted by atomic mass is 79.9. The van der Waals surface area contributed by atoms with E-state index in [1.165, 1.54) is 12.1 Å². The Kier molecular flexibility index (Phi) is 7.38. The third-order valence-electron chi connectivity index (χ3n) is 1.93. The highest BCUT2D eigenvalue weighted by Gasteiger charge is 1.90. The molecule has 0 aliphatic heterocycles. The van der Waals surface area contributed by atoms with Crippen LogP contribution in [0.2, 0.25) is 0 Å². The number of aromatic hydroxyl groups is 1. The number of carboxylic acid groups (broad SMARTS) is 1. The SMILES string of the molecule is C[n+]1cccc(O)c1.O=C([O-])c1ccccc1.[Br-]. The zero-order valence-electron chi connectivity index (χ0n) is 9.79. The van der Waals surface area contributed by atoms with E-state index in [1.54, 1.807) is 41.1 Å². The second-order valence-electron chi connectivity index (χ2n) is 3.38. The Hall–Kier alpha value is -1.88. The summed E-state index contributed by atoms with van der Waals surface area (Å²) >= 11 is 0. The fraction of sp³-hybridized carbons (Fsp3) is 0.0769. The quantitative estimate of drug-likeness (QED) is 0.582. The molecular weight excluding hydrogens is 298 g/mol. The van der Waals surface area contributed by atoms with Gasteiger partial charge in [-0.05, 0) is 11.6 Å². The lowest BCUT2D eigenvalue weighted by Crippen LogP contribution is -3.00. The van der Waals surface area contributed by atoms with Crippen molar-refractivity contribution in [3.05, 3.63) is 60.4 Å². The van der Waals surface area contributed by atoms with Crippen molar-refractivity contribution in [2.24, 2.45) is 7.05 Å². The van der Waals surface area contributed by atoms with Gasteiger partial charge in [-0.2, -0.15) is 0 Å². The van der Waals surface area contributed by atoms with Crippen LogP contribution in [0.3, 0.4) is 0 Å². The largest absolute Gasteiger partial charge is 1.00 e. The summed E-state index contributed by atoms with van der Waals surface area (Å²) in [5.41, 5.74) is 0.220. The van der Waals surface area contributed by atoms with Crippen molar-refractivity contribution in [3.63, 3.8) is 0 Å². The smallest absolute Gasteiger partial charge is 0.210 e. The molecule has 0 aliphatic rings. The molecule has 1 aromatic heterocycles. The van der Waals surface area contributed by atoms with Crippen molar-refractivity contribution < 1.29 is 36.6 Å². The Morgan fingerprint density at radius 1 is 1.17 bits per heavy atom. The number of halogens is 1. The molecule has 0 amide bonds. The summed E-state index contributed by atoms with van der Waals surface area (Å²) in [6, 6.07) is 11.5. The Bertz CT molecular complexity index is 471. The van der Waals surface area contributed by atoms with Crippen LogP contribution in [-0.4, -0.2) is 11.1 Å². The number of aromatic nitrogens is 1. The Labute approximate surface area is 116 Å². The maximum atomic E-state index is 10.1. The average Bonchev–Trinajstić information content (AvgIpc) is 2.30. The standard InChI is InChI=1S/C7H6O2.C6H7NO.BrH/c8-7(9)6-4-2-1-3-5-6;1-7-4-2-3-6(8)5-7;/h1-5H,(H,8,9);2-5H,1H3;1H/p-1. The molecule has 0 fully saturated rings. The molecular formula is C13H13BrNO3-. The van der Waals surface area contributed by atoms with Crippen LogP contribution < -0.4 is 26.7 Å². The van der Waals surface area contributed by atoms with Crippen LogP contribution in [0.5, 0.6) is 5.75 Å². The lowest BCUT2D eigenvalue weighted by molar-refractivity contribution is -0.671. The number of aromatic carboxylic acids is 1. The number of hydrogen-bond acceptors (Lipinski definition) is 3. The van der Waals surface area contributed by atoms with Crippen molar-refractivity contribution in [2.45, 2.75) is 0 Å². The minimum absolute atomic E-state index is 0. The molecule has 0 aliphatic carbocycles. The molecule has 2 rings (SSSR count). The van der Waals surface area contributed by atoms with Gasteiger partial charge in [0.1, 0.15) is 7.05 Å². The summed E-state index contributed by atoms with van der Waals surface area (Å²) in [6.45, 7) is 0. The van der Waals surface area contributed by atoms with Crippen molar-refractivity contribution in [1.29, 1.82) is 0 Å². The van der Waals surface area contributed by atoms with E-state index in [9.17, 15) is 9.90 Å². The van der Waals surface area contributed by atoms with Gasteiger partial charge in [-0.25, -0.2) is 4.57 Å². The topological polar surface area (TPSA) is 64.2 Å². The van der Waals surface area contributed by atoms with Crippen LogP contribution in [0.4, 0.5) is 0 Å². The number of carboxylic acids is 1. The van der Waals surface area contributed by atoms with E-state index in [1.807, 2.05) is 13.2 Å². The molecule has 2 aromatic rings. The molecule has 0 saturated carbocycles. The van der Waals surface area contributed by atoms with E-state index in [-0.39, 0.29) is 22.5 Å². The van der Waals surface area contributed by atoms with E-state index < -0.39 is 5.97 Å². The third-order valence-corrected chi connectivity index (χ3v) is 1.93. The van der Waals surface area contributed by atoms with Gasteiger partial charge in [0.25, 0.3) is 0 Å². The van der Waals surface area contributed by atoms with Crippen molar-refractivity contribution in [1.82, 2.24) is 0 Å². The number of nitrogens with zero attached hydrogens (tertiary/aromatic N) is 1. The highest BCUT2D eigenvalue weighted by Crippen LogP contribution is 1.98.